The topological polar surface area (TPSA) is 226 Å². The van der Waals surface area contributed by atoms with Crippen LogP contribution in [-0.2, 0) is 39.7 Å². The first-order chi connectivity index (χ1) is 31.3. The zero-order valence-electron chi connectivity index (χ0n) is 39.2. The number of aliphatic hydroxyl groups excluding tert-OH is 5. The number of carbonyl (C=O) groups excluding carboxylic acids is 3. The lowest BCUT2D eigenvalue weighted by Crippen LogP contribution is -2.72. The van der Waals surface area contributed by atoms with Gasteiger partial charge in [0.15, 0.2) is 22.8 Å². The first-order valence-corrected chi connectivity index (χ1v) is 22.9. The van der Waals surface area contributed by atoms with Crippen LogP contribution in [0.3, 0.4) is 0 Å². The highest BCUT2D eigenvalue weighted by atomic mass is 16.7. The largest absolute Gasteiger partial charge is 0.482 e. The number of esters is 1. The summed E-state index contributed by atoms with van der Waals surface area (Å²) >= 11 is 0. The van der Waals surface area contributed by atoms with Gasteiger partial charge in [-0.2, -0.15) is 0 Å². The van der Waals surface area contributed by atoms with Crippen LogP contribution in [0.4, 0.5) is 0 Å². The van der Waals surface area contributed by atoms with Crippen molar-refractivity contribution in [2.24, 2.45) is 11.8 Å². The highest BCUT2D eigenvalue weighted by molar-refractivity contribution is 6.19. The van der Waals surface area contributed by atoms with Crippen LogP contribution in [0.25, 0.3) is 6.08 Å². The fourth-order valence-electron chi connectivity index (χ4n) is 10.2. The summed E-state index contributed by atoms with van der Waals surface area (Å²) < 4.78 is 49.9. The number of allylic oxidation sites excluding steroid dienone is 5. The highest BCUT2D eigenvalue weighted by Crippen LogP contribution is 2.69. The molecule has 0 aromatic heterocycles. The Balaban J connectivity index is 1.35. The Morgan fingerprint density at radius 3 is 2.24 bits per heavy atom. The van der Waals surface area contributed by atoms with Crippen molar-refractivity contribution < 1.29 is 77.8 Å². The van der Waals surface area contributed by atoms with Gasteiger partial charge in [0, 0.05) is 35.0 Å². The van der Waals surface area contributed by atoms with Gasteiger partial charge in [0.2, 0.25) is 6.29 Å². The number of rotatable bonds is 19. The van der Waals surface area contributed by atoms with E-state index >= 15 is 4.79 Å². The minimum atomic E-state index is -1.81. The summed E-state index contributed by atoms with van der Waals surface area (Å²) in [6.45, 7) is 15.2. The highest BCUT2D eigenvalue weighted by Gasteiger charge is 2.81. The van der Waals surface area contributed by atoms with Gasteiger partial charge in [0.1, 0.15) is 59.4 Å². The molecule has 1 spiro atoms. The van der Waals surface area contributed by atoms with Gasteiger partial charge in [0.05, 0.1) is 50.8 Å². The first kappa shape index (κ1) is 49.7. The van der Waals surface area contributed by atoms with Gasteiger partial charge in [-0.05, 0) is 93.2 Å². The number of carbonyl (C=O) groups is 3. The lowest BCUT2D eigenvalue weighted by Gasteiger charge is -2.56. The Hall–Kier alpha value is -4.23. The fourth-order valence-corrected chi connectivity index (χ4v) is 10.2. The molecule has 0 radical (unpaired) electrons. The Bertz CT molecular complexity index is 2210. The molecule has 0 amide bonds. The molecular weight excluding hydrogens is 857 g/mol. The predicted octanol–water partition coefficient (Wildman–Crippen LogP) is 4.20. The minimum Gasteiger partial charge on any atom is -0.482 e. The van der Waals surface area contributed by atoms with Crippen LogP contribution in [0.15, 0.2) is 52.7 Å². The minimum absolute atomic E-state index is 0.0223. The second-order valence-electron chi connectivity index (χ2n) is 19.3. The average molecular weight is 923 g/mol. The summed E-state index contributed by atoms with van der Waals surface area (Å²) in [5.41, 5.74) is -1.97. The molecule has 362 valence electrons. The predicted molar refractivity (Wildman–Crippen MR) is 239 cm³/mol. The molecule has 4 heterocycles. The van der Waals surface area contributed by atoms with Crippen LogP contribution in [0.2, 0.25) is 0 Å². The van der Waals surface area contributed by atoms with Crippen molar-refractivity contribution in [1.82, 2.24) is 0 Å². The van der Waals surface area contributed by atoms with E-state index in [2.05, 4.69) is 6.08 Å². The molecule has 1 aromatic rings. The summed E-state index contributed by atoms with van der Waals surface area (Å²) in [4.78, 5) is 44.0. The van der Waals surface area contributed by atoms with Crippen molar-refractivity contribution in [1.29, 1.82) is 0 Å². The maximum absolute atomic E-state index is 15.8. The van der Waals surface area contributed by atoms with Gasteiger partial charge < -0.3 is 63.4 Å². The maximum atomic E-state index is 15.8. The average Bonchev–Trinajstić information content (AvgIpc) is 3.42. The quantitative estimate of drug-likeness (QED) is 0.0568. The van der Waals surface area contributed by atoms with E-state index in [0.29, 0.717) is 36.1 Å². The SMILES string of the molecule is CC(C)=CCCC1(C)C=Cc2c(c(CC=C(C)C)c3c(c2O[C@@H]2O[C@H](CO)[C@@H](O)[C@H](O)[C@H]2O)C(=O)C2=CC4CC5C(C)(C)OC(C/C=C(/C)C(=O)OCCOCCOCCO)(C4=O)C25O3)O1. The van der Waals surface area contributed by atoms with E-state index < -0.39 is 83.3 Å². The Labute approximate surface area is 385 Å². The van der Waals surface area contributed by atoms with Crippen molar-refractivity contribution in [3.8, 4) is 17.2 Å². The number of ketones is 2. The molecule has 3 aliphatic carbocycles. The molecule has 1 aromatic carbocycles. The monoisotopic (exact) mass is 922 g/mol. The molecule has 5 N–H and O–H groups in total. The van der Waals surface area contributed by atoms with Crippen molar-refractivity contribution in [3.05, 3.63) is 69.4 Å². The molecule has 1 saturated carbocycles. The zero-order chi connectivity index (χ0) is 47.9. The summed E-state index contributed by atoms with van der Waals surface area (Å²) in [5, 5.41) is 51.7. The van der Waals surface area contributed by atoms with E-state index in [0.717, 1.165) is 11.1 Å². The Morgan fingerprint density at radius 1 is 0.864 bits per heavy atom. The number of ether oxygens (including phenoxy) is 8. The van der Waals surface area contributed by atoms with Gasteiger partial charge in [-0.15, -0.1) is 0 Å². The van der Waals surface area contributed by atoms with Crippen LogP contribution < -0.4 is 14.2 Å². The number of fused-ring (bicyclic) bond motifs is 2. The van der Waals surface area contributed by atoms with Crippen LogP contribution in [0.5, 0.6) is 17.2 Å². The molecule has 4 aliphatic heterocycles. The van der Waals surface area contributed by atoms with E-state index in [4.69, 9.17) is 43.0 Å². The number of hydrogen-bond acceptors (Lipinski definition) is 16. The molecule has 16 heteroatoms. The number of aliphatic hydroxyl groups is 5. The lowest BCUT2D eigenvalue weighted by molar-refractivity contribution is -0.277. The third kappa shape index (κ3) is 8.85. The molecular formula is C50H66O16. The van der Waals surface area contributed by atoms with Crippen molar-refractivity contribution >= 4 is 23.6 Å². The smallest absolute Gasteiger partial charge is 0.333 e. The van der Waals surface area contributed by atoms with E-state index in [1.165, 1.54) is 0 Å². The van der Waals surface area contributed by atoms with Crippen LogP contribution in [-0.4, -0.2) is 142 Å². The lowest BCUT2D eigenvalue weighted by atomic mass is 9.51. The van der Waals surface area contributed by atoms with E-state index in [-0.39, 0.29) is 86.5 Å². The maximum Gasteiger partial charge on any atom is 0.333 e. The van der Waals surface area contributed by atoms with Crippen molar-refractivity contribution in [3.63, 3.8) is 0 Å². The summed E-state index contributed by atoms with van der Waals surface area (Å²) in [6, 6.07) is 0. The Morgan fingerprint density at radius 2 is 1.56 bits per heavy atom. The number of hydrogen-bond donors (Lipinski definition) is 5. The molecule has 16 nitrogen and oxygen atoms in total. The van der Waals surface area contributed by atoms with E-state index in [1.807, 2.05) is 60.6 Å². The summed E-state index contributed by atoms with van der Waals surface area (Å²) in [6.07, 6.45) is 4.53. The molecule has 3 fully saturated rings. The van der Waals surface area contributed by atoms with E-state index in [1.54, 1.807) is 25.2 Å². The van der Waals surface area contributed by atoms with Crippen LogP contribution >= 0.6 is 0 Å². The van der Waals surface area contributed by atoms with Gasteiger partial charge in [-0.1, -0.05) is 35.5 Å². The Kier molecular flexibility index (Phi) is 14.6. The molecule has 5 unspecified atom stereocenters. The third-order valence-electron chi connectivity index (χ3n) is 13.6. The van der Waals surface area contributed by atoms with Crippen LogP contribution in [0.1, 0.15) is 103 Å². The summed E-state index contributed by atoms with van der Waals surface area (Å²) in [7, 11) is 0. The molecule has 66 heavy (non-hydrogen) atoms. The molecule has 10 atom stereocenters. The van der Waals surface area contributed by atoms with Crippen molar-refractivity contribution in [2.75, 3.05) is 46.2 Å². The number of Topliss-reactive ketones (excluding diaryl/α,β-unsaturated/α-hetero) is 2. The van der Waals surface area contributed by atoms with Gasteiger partial charge >= 0.3 is 5.97 Å². The normalized spacial score (nSPS) is 32.3. The first-order valence-electron chi connectivity index (χ1n) is 22.9. The number of benzene rings is 1. The standard InChI is InChI=1S/C50H66O16/c1-27(2)10-9-15-48(8)16-14-32-41(64-48)31(12-11-28(3)4)43-36(42(32)63-46-40(56)39(55)38(54)34(26-52)62-46)37(53)33-24-30-25-35-47(6,7)66-49(44(30)57,50(33,35)65-43)17-13-29(5)45(58)61-23-22-60-21-20-59-19-18-51/h10-11,13-14,16,24,30,34-35,38-40,46,51-52,54-56H,9,12,15,17-23,25-26H2,1-8H3/b29-13-/t30?,34-,35?,38-,39+,40-,46+,48?,49?,50?/m1/s1. The van der Waals surface area contributed by atoms with E-state index in [9.17, 15) is 30.0 Å². The molecule has 4 bridgehead atoms. The second kappa shape index (κ2) is 19.4. The molecule has 8 rings (SSSR count). The summed E-state index contributed by atoms with van der Waals surface area (Å²) in [5.74, 6) is -2.35. The van der Waals surface area contributed by atoms with Gasteiger partial charge in [-0.25, -0.2) is 4.79 Å². The fraction of sp³-hybridized carbons (Fsp3) is 0.620. The molecule has 2 saturated heterocycles. The second-order valence-corrected chi connectivity index (χ2v) is 19.3. The van der Waals surface area contributed by atoms with Crippen LogP contribution in [0, 0.1) is 11.8 Å². The molecule has 7 aliphatic rings. The zero-order valence-corrected chi connectivity index (χ0v) is 39.2. The van der Waals surface area contributed by atoms with Crippen molar-refractivity contribution in [2.45, 2.75) is 141 Å². The third-order valence-corrected chi connectivity index (χ3v) is 13.6. The van der Waals surface area contributed by atoms with Gasteiger partial charge in [0.25, 0.3) is 0 Å². The van der Waals surface area contributed by atoms with Gasteiger partial charge in [-0.3, -0.25) is 9.59 Å².